The number of aromatic nitrogens is 1. The SMILES string of the molecule is CC(NC(=O)c1cc(Br)cnc1Cl)C1CCOCC1. The lowest BCUT2D eigenvalue weighted by molar-refractivity contribution is 0.0538. The van der Waals surface area contributed by atoms with E-state index in [1.165, 1.54) is 0 Å². The van der Waals surface area contributed by atoms with Crippen molar-refractivity contribution in [3.8, 4) is 0 Å². The van der Waals surface area contributed by atoms with E-state index in [0.717, 1.165) is 30.5 Å². The van der Waals surface area contributed by atoms with Crippen LogP contribution in [0.5, 0.6) is 0 Å². The maximum atomic E-state index is 12.2. The van der Waals surface area contributed by atoms with Crippen molar-refractivity contribution in [2.24, 2.45) is 5.92 Å². The van der Waals surface area contributed by atoms with Crippen LogP contribution in [0.15, 0.2) is 16.7 Å². The minimum absolute atomic E-state index is 0.103. The summed E-state index contributed by atoms with van der Waals surface area (Å²) in [5.41, 5.74) is 0.398. The quantitative estimate of drug-likeness (QED) is 0.855. The number of pyridine rings is 1. The fourth-order valence-corrected chi connectivity index (χ4v) is 2.72. The van der Waals surface area contributed by atoms with Gasteiger partial charge in [-0.05, 0) is 47.7 Å². The van der Waals surface area contributed by atoms with Gasteiger partial charge in [0.05, 0.1) is 5.56 Å². The molecule has 1 saturated heterocycles. The van der Waals surface area contributed by atoms with Crippen molar-refractivity contribution in [2.45, 2.75) is 25.8 Å². The van der Waals surface area contributed by atoms with E-state index >= 15 is 0 Å². The number of carbonyl (C=O) groups excluding carboxylic acids is 1. The third-order valence-electron chi connectivity index (χ3n) is 3.38. The second kappa shape index (κ2) is 6.68. The number of nitrogens with zero attached hydrogens (tertiary/aromatic N) is 1. The van der Waals surface area contributed by atoms with E-state index in [4.69, 9.17) is 16.3 Å². The fraction of sp³-hybridized carbons (Fsp3) is 0.538. The summed E-state index contributed by atoms with van der Waals surface area (Å²) in [4.78, 5) is 16.1. The Hall–Kier alpha value is -0.650. The van der Waals surface area contributed by atoms with Gasteiger partial charge in [-0.25, -0.2) is 4.98 Å². The van der Waals surface area contributed by atoms with Gasteiger partial charge in [0.2, 0.25) is 0 Å². The summed E-state index contributed by atoms with van der Waals surface area (Å²) in [6, 6.07) is 1.79. The number of ether oxygens (including phenoxy) is 1. The molecular weight excluding hydrogens is 332 g/mol. The highest BCUT2D eigenvalue weighted by atomic mass is 79.9. The van der Waals surface area contributed by atoms with Crippen LogP contribution in [-0.4, -0.2) is 30.1 Å². The zero-order valence-corrected chi connectivity index (χ0v) is 13.0. The van der Waals surface area contributed by atoms with Gasteiger partial charge in [-0.3, -0.25) is 4.79 Å². The molecule has 1 fully saturated rings. The van der Waals surface area contributed by atoms with Gasteiger partial charge in [-0.2, -0.15) is 0 Å². The smallest absolute Gasteiger partial charge is 0.254 e. The van der Waals surface area contributed by atoms with Gasteiger partial charge in [-0.15, -0.1) is 0 Å². The first-order valence-corrected chi connectivity index (χ1v) is 7.44. The van der Waals surface area contributed by atoms with E-state index in [2.05, 4.69) is 26.2 Å². The monoisotopic (exact) mass is 346 g/mol. The Morgan fingerprint density at radius 1 is 1.58 bits per heavy atom. The molecule has 1 N–H and O–H groups in total. The standard InChI is InChI=1S/C13H16BrClN2O2/c1-8(9-2-4-19-5-3-9)17-13(18)11-6-10(14)7-16-12(11)15/h6-9H,2-5H2,1H3,(H,17,18). The second-order valence-corrected chi connectivity index (χ2v) is 5.98. The lowest BCUT2D eigenvalue weighted by atomic mass is 9.93. The molecule has 19 heavy (non-hydrogen) atoms. The molecule has 0 bridgehead atoms. The minimum atomic E-state index is -0.183. The average molecular weight is 348 g/mol. The topological polar surface area (TPSA) is 51.2 Å². The molecule has 1 aromatic heterocycles. The van der Waals surface area contributed by atoms with Crippen molar-refractivity contribution in [1.82, 2.24) is 10.3 Å². The third kappa shape index (κ3) is 3.91. The van der Waals surface area contributed by atoms with E-state index in [1.54, 1.807) is 12.3 Å². The Morgan fingerprint density at radius 2 is 2.26 bits per heavy atom. The number of amides is 1. The van der Waals surface area contributed by atoms with E-state index in [9.17, 15) is 4.79 Å². The fourth-order valence-electron chi connectivity index (χ4n) is 2.20. The van der Waals surface area contributed by atoms with Gasteiger partial charge >= 0.3 is 0 Å². The van der Waals surface area contributed by atoms with E-state index in [1.807, 2.05) is 6.92 Å². The Kier molecular flexibility index (Phi) is 5.19. The number of carbonyl (C=O) groups is 1. The Balaban J connectivity index is 2.01. The molecule has 1 aromatic rings. The maximum absolute atomic E-state index is 12.2. The molecule has 6 heteroatoms. The first-order chi connectivity index (χ1) is 9.08. The predicted octanol–water partition coefficient (Wildman–Crippen LogP) is 3.04. The molecule has 104 valence electrons. The van der Waals surface area contributed by atoms with Crippen LogP contribution in [-0.2, 0) is 4.74 Å². The molecule has 1 aliphatic rings. The highest BCUT2D eigenvalue weighted by Crippen LogP contribution is 2.21. The van der Waals surface area contributed by atoms with Crippen molar-refractivity contribution < 1.29 is 9.53 Å². The Morgan fingerprint density at radius 3 is 2.95 bits per heavy atom. The normalized spacial score (nSPS) is 18.1. The summed E-state index contributed by atoms with van der Waals surface area (Å²) in [7, 11) is 0. The second-order valence-electron chi connectivity index (χ2n) is 4.70. The van der Waals surface area contributed by atoms with Crippen molar-refractivity contribution in [2.75, 3.05) is 13.2 Å². The van der Waals surface area contributed by atoms with Crippen LogP contribution in [0.25, 0.3) is 0 Å². The zero-order chi connectivity index (χ0) is 13.8. The summed E-state index contributed by atoms with van der Waals surface area (Å²) < 4.78 is 6.06. The van der Waals surface area contributed by atoms with Crippen LogP contribution in [0.1, 0.15) is 30.1 Å². The molecule has 0 saturated carbocycles. The molecule has 0 radical (unpaired) electrons. The molecule has 0 aliphatic carbocycles. The number of halogens is 2. The molecule has 2 rings (SSSR count). The number of hydrogen-bond acceptors (Lipinski definition) is 3. The highest BCUT2D eigenvalue weighted by Gasteiger charge is 2.23. The number of nitrogens with one attached hydrogen (secondary N) is 1. The summed E-state index contributed by atoms with van der Waals surface area (Å²) in [6.45, 7) is 3.56. The van der Waals surface area contributed by atoms with Crippen LogP contribution in [0.4, 0.5) is 0 Å². The Labute approximate surface area is 126 Å². The number of hydrogen-bond donors (Lipinski definition) is 1. The van der Waals surface area contributed by atoms with Crippen molar-refractivity contribution in [3.05, 3.63) is 27.5 Å². The van der Waals surface area contributed by atoms with Crippen molar-refractivity contribution in [3.63, 3.8) is 0 Å². The number of rotatable bonds is 3. The first-order valence-electron chi connectivity index (χ1n) is 6.27. The molecule has 0 aromatic carbocycles. The summed E-state index contributed by atoms with van der Waals surface area (Å²) in [5, 5.41) is 3.22. The first kappa shape index (κ1) is 14.8. The van der Waals surface area contributed by atoms with E-state index in [0.29, 0.717) is 11.5 Å². The van der Waals surface area contributed by atoms with Crippen LogP contribution < -0.4 is 5.32 Å². The molecule has 1 amide bonds. The van der Waals surface area contributed by atoms with Crippen molar-refractivity contribution >= 4 is 33.4 Å². The van der Waals surface area contributed by atoms with Crippen LogP contribution >= 0.6 is 27.5 Å². The van der Waals surface area contributed by atoms with Crippen LogP contribution in [0.2, 0.25) is 5.15 Å². The summed E-state index contributed by atoms with van der Waals surface area (Å²) >= 11 is 9.24. The van der Waals surface area contributed by atoms with Gasteiger partial charge in [0.1, 0.15) is 5.15 Å². The molecule has 1 aliphatic heterocycles. The molecule has 2 heterocycles. The zero-order valence-electron chi connectivity index (χ0n) is 10.7. The molecule has 0 spiro atoms. The van der Waals surface area contributed by atoms with E-state index in [-0.39, 0.29) is 17.1 Å². The lowest BCUT2D eigenvalue weighted by Crippen LogP contribution is -2.40. The lowest BCUT2D eigenvalue weighted by Gasteiger charge is -2.28. The van der Waals surface area contributed by atoms with Gasteiger partial charge in [0.25, 0.3) is 5.91 Å². The van der Waals surface area contributed by atoms with Gasteiger partial charge in [0.15, 0.2) is 0 Å². The highest BCUT2D eigenvalue weighted by molar-refractivity contribution is 9.10. The molecular formula is C13H16BrClN2O2. The maximum Gasteiger partial charge on any atom is 0.254 e. The largest absolute Gasteiger partial charge is 0.381 e. The average Bonchev–Trinajstić information content (AvgIpc) is 2.42. The predicted molar refractivity (Wildman–Crippen MR) is 77.4 cm³/mol. The van der Waals surface area contributed by atoms with Gasteiger partial charge < -0.3 is 10.1 Å². The van der Waals surface area contributed by atoms with Crippen LogP contribution in [0, 0.1) is 5.92 Å². The minimum Gasteiger partial charge on any atom is -0.381 e. The molecule has 1 atom stereocenters. The third-order valence-corrected chi connectivity index (χ3v) is 4.12. The van der Waals surface area contributed by atoms with Gasteiger partial charge in [0, 0.05) is 29.9 Å². The van der Waals surface area contributed by atoms with Crippen molar-refractivity contribution in [1.29, 1.82) is 0 Å². The van der Waals surface area contributed by atoms with Gasteiger partial charge in [-0.1, -0.05) is 11.6 Å². The van der Waals surface area contributed by atoms with Crippen LogP contribution in [0.3, 0.4) is 0 Å². The molecule has 4 nitrogen and oxygen atoms in total. The van der Waals surface area contributed by atoms with E-state index < -0.39 is 0 Å². The Bertz CT molecular complexity index is 464. The molecule has 1 unspecified atom stereocenters. The summed E-state index contributed by atoms with van der Waals surface area (Å²) in [5.74, 6) is 0.273. The summed E-state index contributed by atoms with van der Waals surface area (Å²) in [6.07, 6.45) is 3.53.